The van der Waals surface area contributed by atoms with Crippen LogP contribution in [0.1, 0.15) is 48.6 Å². The van der Waals surface area contributed by atoms with Crippen LogP contribution < -0.4 is 5.32 Å². The maximum Gasteiger partial charge on any atom is 0.165 e. The van der Waals surface area contributed by atoms with Gasteiger partial charge in [-0.1, -0.05) is 73.5 Å². The van der Waals surface area contributed by atoms with E-state index in [1.165, 1.54) is 5.56 Å². The summed E-state index contributed by atoms with van der Waals surface area (Å²) in [7, 11) is 0. The fraction of sp³-hybridized carbons (Fsp3) is 0.240. The molecule has 0 saturated heterocycles. The average Bonchev–Trinajstić information content (AvgIpc) is 3.24. The first-order valence-electron chi connectivity index (χ1n) is 9.85. The molecule has 0 atom stereocenters. The first-order valence-corrected chi connectivity index (χ1v) is 9.85. The highest BCUT2D eigenvalue weighted by molar-refractivity contribution is 6.27. The molecule has 0 amide bonds. The summed E-state index contributed by atoms with van der Waals surface area (Å²) in [5, 5.41) is 3.48. The number of unbranched alkanes of at least 4 members (excludes halogenated alkanes) is 1. The fourth-order valence-corrected chi connectivity index (χ4v) is 3.16. The Labute approximate surface area is 167 Å². The van der Waals surface area contributed by atoms with E-state index in [0.717, 1.165) is 41.0 Å². The Hall–Kier alpha value is -3.07. The molecule has 0 unspecified atom stereocenters. The number of rotatable bonds is 9. The standard InChI is InChI=1S/C25H27NO2/c1-3-4-12-23(27)24(20-9-6-5-7-10-20)25(21-15-13-19(2)14-16-21)26-18-22-11-8-17-28-22/h5-11,13-17,26H,3-4,12,18H2,1-2H3/b25-24+. The third-order valence-electron chi connectivity index (χ3n) is 4.71. The van der Waals surface area contributed by atoms with Crippen LogP contribution in [0.25, 0.3) is 11.3 Å². The van der Waals surface area contributed by atoms with Crippen LogP contribution in [-0.4, -0.2) is 5.78 Å². The van der Waals surface area contributed by atoms with Crippen molar-refractivity contribution in [2.24, 2.45) is 0 Å². The summed E-state index contributed by atoms with van der Waals surface area (Å²) in [5.41, 5.74) is 4.72. The number of hydrogen-bond donors (Lipinski definition) is 1. The first kappa shape index (κ1) is 19.7. The van der Waals surface area contributed by atoms with E-state index in [9.17, 15) is 4.79 Å². The predicted octanol–water partition coefficient (Wildman–Crippen LogP) is 6.01. The molecular formula is C25H27NO2. The molecule has 28 heavy (non-hydrogen) atoms. The summed E-state index contributed by atoms with van der Waals surface area (Å²) < 4.78 is 5.48. The Morgan fingerprint density at radius 2 is 1.68 bits per heavy atom. The lowest BCUT2D eigenvalue weighted by Gasteiger charge is -2.17. The Balaban J connectivity index is 2.09. The van der Waals surface area contributed by atoms with Gasteiger partial charge in [0.15, 0.2) is 5.78 Å². The normalized spacial score (nSPS) is 11.8. The quantitative estimate of drug-likeness (QED) is 0.369. The Morgan fingerprint density at radius 1 is 0.929 bits per heavy atom. The minimum atomic E-state index is 0.163. The van der Waals surface area contributed by atoms with E-state index in [2.05, 4.69) is 43.4 Å². The Bertz CT molecular complexity index is 907. The number of aryl methyl sites for hydroxylation is 1. The molecule has 0 saturated carbocycles. The van der Waals surface area contributed by atoms with Crippen molar-refractivity contribution >= 4 is 17.1 Å². The second kappa shape index (κ2) is 9.75. The second-order valence-electron chi connectivity index (χ2n) is 6.94. The maximum atomic E-state index is 13.2. The van der Waals surface area contributed by atoms with Crippen molar-refractivity contribution in [2.75, 3.05) is 0 Å². The Morgan fingerprint density at radius 3 is 2.32 bits per heavy atom. The number of furan rings is 1. The van der Waals surface area contributed by atoms with Crippen LogP contribution in [-0.2, 0) is 11.3 Å². The third kappa shape index (κ3) is 5.01. The van der Waals surface area contributed by atoms with Crippen molar-refractivity contribution in [3.8, 4) is 0 Å². The van der Waals surface area contributed by atoms with Crippen molar-refractivity contribution in [2.45, 2.75) is 39.7 Å². The fourth-order valence-electron chi connectivity index (χ4n) is 3.16. The summed E-state index contributed by atoms with van der Waals surface area (Å²) in [6.07, 6.45) is 4.08. The van der Waals surface area contributed by atoms with Crippen LogP contribution in [0.3, 0.4) is 0 Å². The van der Waals surface area contributed by atoms with Gasteiger partial charge >= 0.3 is 0 Å². The van der Waals surface area contributed by atoms with Gasteiger partial charge in [-0.15, -0.1) is 0 Å². The molecule has 0 spiro atoms. The van der Waals surface area contributed by atoms with Gasteiger partial charge in [-0.3, -0.25) is 4.79 Å². The first-order chi connectivity index (χ1) is 13.7. The number of carbonyl (C=O) groups excluding carboxylic acids is 1. The van der Waals surface area contributed by atoms with Gasteiger partial charge in [0.1, 0.15) is 5.76 Å². The smallest absolute Gasteiger partial charge is 0.165 e. The molecule has 0 aliphatic rings. The van der Waals surface area contributed by atoms with Crippen LogP contribution in [0.4, 0.5) is 0 Å². The zero-order valence-corrected chi connectivity index (χ0v) is 16.6. The van der Waals surface area contributed by atoms with Crippen molar-refractivity contribution in [3.63, 3.8) is 0 Å². The van der Waals surface area contributed by atoms with E-state index in [0.29, 0.717) is 13.0 Å². The minimum Gasteiger partial charge on any atom is -0.467 e. The Kier molecular flexibility index (Phi) is 6.85. The number of allylic oxidation sites excluding steroid dienone is 1. The topological polar surface area (TPSA) is 42.2 Å². The molecule has 2 aromatic carbocycles. The largest absolute Gasteiger partial charge is 0.467 e. The number of hydrogen-bond acceptors (Lipinski definition) is 3. The molecule has 0 bridgehead atoms. The van der Waals surface area contributed by atoms with Crippen LogP contribution in [0.5, 0.6) is 0 Å². The summed E-state index contributed by atoms with van der Waals surface area (Å²) in [6, 6.07) is 22.0. The highest BCUT2D eigenvalue weighted by atomic mass is 16.3. The van der Waals surface area contributed by atoms with Crippen LogP contribution in [0, 0.1) is 6.92 Å². The molecule has 1 heterocycles. The summed E-state index contributed by atoms with van der Waals surface area (Å²) in [4.78, 5) is 13.2. The van der Waals surface area contributed by atoms with Gasteiger partial charge in [-0.2, -0.15) is 0 Å². The lowest BCUT2D eigenvalue weighted by Crippen LogP contribution is -2.17. The zero-order valence-electron chi connectivity index (χ0n) is 16.6. The minimum absolute atomic E-state index is 0.163. The lowest BCUT2D eigenvalue weighted by atomic mass is 9.93. The molecule has 3 aromatic rings. The third-order valence-corrected chi connectivity index (χ3v) is 4.71. The van der Waals surface area contributed by atoms with Gasteiger partial charge in [-0.05, 0) is 36.6 Å². The van der Waals surface area contributed by atoms with Crippen molar-refractivity contribution in [3.05, 3.63) is 95.4 Å². The summed E-state index contributed by atoms with van der Waals surface area (Å²) in [6.45, 7) is 4.69. The van der Waals surface area contributed by atoms with Gasteiger partial charge in [0, 0.05) is 12.0 Å². The molecule has 144 valence electrons. The van der Waals surface area contributed by atoms with E-state index in [1.807, 2.05) is 42.5 Å². The molecule has 0 radical (unpaired) electrons. The highest BCUT2D eigenvalue weighted by Gasteiger charge is 2.19. The van der Waals surface area contributed by atoms with E-state index >= 15 is 0 Å². The van der Waals surface area contributed by atoms with Gasteiger partial charge in [0.2, 0.25) is 0 Å². The van der Waals surface area contributed by atoms with E-state index < -0.39 is 0 Å². The molecular weight excluding hydrogens is 346 g/mol. The summed E-state index contributed by atoms with van der Waals surface area (Å²) >= 11 is 0. The summed E-state index contributed by atoms with van der Waals surface area (Å²) in [5.74, 6) is 0.994. The predicted molar refractivity (Wildman–Crippen MR) is 115 cm³/mol. The van der Waals surface area contributed by atoms with Crippen molar-refractivity contribution < 1.29 is 9.21 Å². The van der Waals surface area contributed by atoms with Crippen LogP contribution in [0.2, 0.25) is 0 Å². The lowest BCUT2D eigenvalue weighted by molar-refractivity contribution is -0.113. The number of ketones is 1. The molecule has 0 fully saturated rings. The molecule has 1 aromatic heterocycles. The van der Waals surface area contributed by atoms with E-state index in [-0.39, 0.29) is 5.78 Å². The van der Waals surface area contributed by atoms with Gasteiger partial charge < -0.3 is 9.73 Å². The average molecular weight is 373 g/mol. The molecule has 0 aliphatic heterocycles. The SMILES string of the molecule is CCCCC(=O)/C(=C(/NCc1ccco1)c1ccc(C)cc1)c1ccccc1. The van der Waals surface area contributed by atoms with Crippen molar-refractivity contribution in [1.29, 1.82) is 0 Å². The van der Waals surface area contributed by atoms with E-state index in [1.54, 1.807) is 6.26 Å². The molecule has 0 aliphatic carbocycles. The molecule has 3 nitrogen and oxygen atoms in total. The zero-order chi connectivity index (χ0) is 19.8. The molecule has 1 N–H and O–H groups in total. The highest BCUT2D eigenvalue weighted by Crippen LogP contribution is 2.28. The number of benzene rings is 2. The molecule has 3 heteroatoms. The van der Waals surface area contributed by atoms with E-state index in [4.69, 9.17) is 4.42 Å². The second-order valence-corrected chi connectivity index (χ2v) is 6.94. The van der Waals surface area contributed by atoms with Gasteiger partial charge in [-0.25, -0.2) is 0 Å². The van der Waals surface area contributed by atoms with Crippen LogP contribution in [0.15, 0.2) is 77.4 Å². The number of carbonyl (C=O) groups is 1. The molecule has 3 rings (SSSR count). The monoisotopic (exact) mass is 373 g/mol. The van der Waals surface area contributed by atoms with Crippen molar-refractivity contribution in [1.82, 2.24) is 5.32 Å². The number of nitrogens with one attached hydrogen (secondary N) is 1. The van der Waals surface area contributed by atoms with Gasteiger partial charge in [0.25, 0.3) is 0 Å². The van der Waals surface area contributed by atoms with Crippen LogP contribution >= 0.6 is 0 Å². The van der Waals surface area contributed by atoms with Gasteiger partial charge in [0.05, 0.1) is 18.5 Å². The maximum absolute atomic E-state index is 13.2. The number of Topliss-reactive ketones (excluding diaryl/α,β-unsaturated/α-hetero) is 1.